The van der Waals surface area contributed by atoms with Crippen LogP contribution in [-0.4, -0.2) is 54.5 Å². The summed E-state index contributed by atoms with van der Waals surface area (Å²) in [6.07, 6.45) is 3.40. The van der Waals surface area contributed by atoms with Crippen molar-refractivity contribution in [1.82, 2.24) is 9.80 Å². The van der Waals surface area contributed by atoms with Crippen LogP contribution in [0.15, 0.2) is 0 Å². The van der Waals surface area contributed by atoms with Gasteiger partial charge < -0.3 is 10.6 Å². The van der Waals surface area contributed by atoms with Crippen LogP contribution in [0.25, 0.3) is 0 Å². The zero-order valence-corrected chi connectivity index (χ0v) is 12.4. The van der Waals surface area contributed by atoms with Crippen molar-refractivity contribution in [3.63, 3.8) is 0 Å². The van der Waals surface area contributed by atoms with Crippen molar-refractivity contribution < 1.29 is 4.79 Å². The molecule has 0 aromatic heterocycles. The van der Waals surface area contributed by atoms with E-state index in [-0.39, 0.29) is 17.9 Å². The molecule has 1 rings (SSSR count). The number of hydrogen-bond donors (Lipinski definition) is 1. The molecule has 0 radical (unpaired) electrons. The first-order chi connectivity index (χ1) is 8.51. The quantitative estimate of drug-likeness (QED) is 0.778. The van der Waals surface area contributed by atoms with Crippen LogP contribution < -0.4 is 5.73 Å². The molecule has 0 bridgehead atoms. The average Bonchev–Trinajstić information content (AvgIpc) is 2.82. The van der Waals surface area contributed by atoms with Crippen LogP contribution in [0.5, 0.6) is 0 Å². The predicted octanol–water partition coefficient (Wildman–Crippen LogP) is 1.30. The minimum atomic E-state index is -0.350. The summed E-state index contributed by atoms with van der Waals surface area (Å²) in [6, 6.07) is 0.171. The van der Waals surface area contributed by atoms with Gasteiger partial charge in [-0.25, -0.2) is 0 Å². The lowest BCUT2D eigenvalue weighted by Gasteiger charge is -2.30. The van der Waals surface area contributed by atoms with E-state index < -0.39 is 0 Å². The minimum absolute atomic E-state index is 0.0901. The zero-order chi connectivity index (χ0) is 13.7. The number of nitrogens with two attached hydrogens (primary N) is 1. The van der Waals surface area contributed by atoms with Crippen molar-refractivity contribution >= 4 is 5.91 Å². The van der Waals surface area contributed by atoms with Gasteiger partial charge in [0.15, 0.2) is 0 Å². The molecule has 3 unspecified atom stereocenters. The van der Waals surface area contributed by atoms with Gasteiger partial charge in [0.05, 0.1) is 6.04 Å². The van der Waals surface area contributed by atoms with E-state index in [4.69, 9.17) is 5.73 Å². The molecule has 1 saturated heterocycles. The third kappa shape index (κ3) is 3.69. The van der Waals surface area contributed by atoms with E-state index in [1.165, 1.54) is 19.4 Å². The third-order valence-electron chi connectivity index (χ3n) is 4.31. The summed E-state index contributed by atoms with van der Waals surface area (Å²) in [5, 5.41) is 0. The van der Waals surface area contributed by atoms with Gasteiger partial charge in [0.25, 0.3) is 0 Å². The Bertz CT molecular complexity index is 270. The number of hydrogen-bond acceptors (Lipinski definition) is 3. The highest BCUT2D eigenvalue weighted by Gasteiger charge is 2.28. The van der Waals surface area contributed by atoms with Crippen LogP contribution in [-0.2, 0) is 4.79 Å². The van der Waals surface area contributed by atoms with Crippen molar-refractivity contribution in [3.05, 3.63) is 0 Å². The average molecular weight is 255 g/mol. The first kappa shape index (κ1) is 15.4. The van der Waals surface area contributed by atoms with Crippen molar-refractivity contribution in [2.24, 2.45) is 11.7 Å². The second-order valence-corrected chi connectivity index (χ2v) is 5.55. The van der Waals surface area contributed by atoms with E-state index in [2.05, 4.69) is 18.7 Å². The molecule has 1 amide bonds. The Morgan fingerprint density at radius 1 is 1.50 bits per heavy atom. The van der Waals surface area contributed by atoms with Gasteiger partial charge in [-0.3, -0.25) is 9.69 Å². The molecule has 1 fully saturated rings. The molecular formula is C14H29N3O. The number of likely N-dealkylation sites (N-methyl/N-ethyl adjacent to an activating group) is 2. The van der Waals surface area contributed by atoms with E-state index in [0.717, 1.165) is 19.5 Å². The Balaban J connectivity index is 2.49. The summed E-state index contributed by atoms with van der Waals surface area (Å²) in [5.74, 6) is 0.345. The second kappa shape index (κ2) is 7.10. The number of nitrogens with zero attached hydrogens (tertiary/aromatic N) is 2. The fraction of sp³-hybridized carbons (Fsp3) is 0.929. The van der Waals surface area contributed by atoms with Crippen molar-refractivity contribution in [2.45, 2.75) is 52.1 Å². The summed E-state index contributed by atoms with van der Waals surface area (Å²) < 4.78 is 0. The molecule has 0 spiro atoms. The normalized spacial score (nSPS) is 23.9. The lowest BCUT2D eigenvalue weighted by atomic mass is 9.99. The van der Waals surface area contributed by atoms with Crippen molar-refractivity contribution in [1.29, 1.82) is 0 Å². The molecule has 0 aromatic carbocycles. The summed E-state index contributed by atoms with van der Waals surface area (Å²) in [7, 11) is 1.89. The van der Waals surface area contributed by atoms with Gasteiger partial charge in [-0.2, -0.15) is 0 Å². The molecule has 1 aliphatic heterocycles. The van der Waals surface area contributed by atoms with Gasteiger partial charge in [0.2, 0.25) is 5.91 Å². The summed E-state index contributed by atoms with van der Waals surface area (Å²) in [5.41, 5.74) is 6.01. The van der Waals surface area contributed by atoms with Crippen molar-refractivity contribution in [2.75, 3.05) is 26.7 Å². The summed E-state index contributed by atoms with van der Waals surface area (Å²) >= 11 is 0. The topological polar surface area (TPSA) is 49.6 Å². The monoisotopic (exact) mass is 255 g/mol. The van der Waals surface area contributed by atoms with Crippen LogP contribution in [0.1, 0.15) is 40.0 Å². The van der Waals surface area contributed by atoms with Gasteiger partial charge >= 0.3 is 0 Å². The van der Waals surface area contributed by atoms with Gasteiger partial charge in [0, 0.05) is 19.6 Å². The molecule has 18 heavy (non-hydrogen) atoms. The minimum Gasteiger partial charge on any atom is -0.343 e. The lowest BCUT2D eigenvalue weighted by molar-refractivity contribution is -0.133. The van der Waals surface area contributed by atoms with Crippen LogP contribution >= 0.6 is 0 Å². The molecule has 106 valence electrons. The Morgan fingerprint density at radius 3 is 2.72 bits per heavy atom. The maximum atomic E-state index is 12.2. The summed E-state index contributed by atoms with van der Waals surface area (Å²) in [6.45, 7) is 9.37. The Labute approximate surface area is 111 Å². The number of likely N-dealkylation sites (tertiary alicyclic amines) is 1. The highest BCUT2D eigenvalue weighted by Crippen LogP contribution is 2.18. The lowest BCUT2D eigenvalue weighted by Crippen LogP contribution is -2.49. The predicted molar refractivity (Wildman–Crippen MR) is 75.3 cm³/mol. The fourth-order valence-electron chi connectivity index (χ4n) is 2.68. The molecule has 4 nitrogen and oxygen atoms in total. The van der Waals surface area contributed by atoms with E-state index in [1.807, 2.05) is 18.9 Å². The van der Waals surface area contributed by atoms with Gasteiger partial charge in [-0.15, -0.1) is 0 Å². The van der Waals surface area contributed by atoms with Crippen LogP contribution in [0.2, 0.25) is 0 Å². The van der Waals surface area contributed by atoms with Gasteiger partial charge in [0.1, 0.15) is 0 Å². The van der Waals surface area contributed by atoms with Crippen LogP contribution in [0.4, 0.5) is 0 Å². The van der Waals surface area contributed by atoms with E-state index >= 15 is 0 Å². The third-order valence-corrected chi connectivity index (χ3v) is 4.31. The molecule has 1 heterocycles. The number of carbonyl (C=O) groups is 1. The molecule has 2 N–H and O–H groups in total. The first-order valence-electron chi connectivity index (χ1n) is 7.25. The maximum Gasteiger partial charge on any atom is 0.239 e. The summed E-state index contributed by atoms with van der Waals surface area (Å²) in [4.78, 5) is 16.5. The fourth-order valence-corrected chi connectivity index (χ4v) is 2.68. The molecule has 4 heteroatoms. The van der Waals surface area contributed by atoms with E-state index in [9.17, 15) is 4.79 Å². The first-order valence-corrected chi connectivity index (χ1v) is 7.25. The Kier molecular flexibility index (Phi) is 6.09. The highest BCUT2D eigenvalue weighted by molar-refractivity contribution is 5.81. The molecule has 0 aliphatic carbocycles. The Morgan fingerprint density at radius 2 is 2.17 bits per heavy atom. The standard InChI is InChI=1S/C14H29N3O/c1-5-11(3)13(15)14(18)16(4)10-12-8-7-9-17(12)6-2/h11-13H,5-10,15H2,1-4H3. The highest BCUT2D eigenvalue weighted by atomic mass is 16.2. The molecule has 0 aromatic rings. The second-order valence-electron chi connectivity index (χ2n) is 5.55. The SMILES string of the molecule is CCC(C)C(N)C(=O)N(C)CC1CCCN1CC. The maximum absolute atomic E-state index is 12.2. The van der Waals surface area contributed by atoms with Crippen LogP contribution in [0.3, 0.4) is 0 Å². The van der Waals surface area contributed by atoms with E-state index in [0.29, 0.717) is 6.04 Å². The van der Waals surface area contributed by atoms with E-state index in [1.54, 1.807) is 0 Å². The molecule has 3 atom stereocenters. The zero-order valence-electron chi connectivity index (χ0n) is 12.4. The largest absolute Gasteiger partial charge is 0.343 e. The molecule has 0 saturated carbocycles. The van der Waals surface area contributed by atoms with Crippen LogP contribution in [0, 0.1) is 5.92 Å². The smallest absolute Gasteiger partial charge is 0.239 e. The number of carbonyl (C=O) groups excluding carboxylic acids is 1. The Hall–Kier alpha value is -0.610. The number of amides is 1. The number of rotatable bonds is 6. The molecule has 1 aliphatic rings. The van der Waals surface area contributed by atoms with Crippen molar-refractivity contribution in [3.8, 4) is 0 Å². The van der Waals surface area contributed by atoms with Gasteiger partial charge in [-0.1, -0.05) is 27.2 Å². The molecular weight excluding hydrogens is 226 g/mol. The van der Waals surface area contributed by atoms with Gasteiger partial charge in [-0.05, 0) is 31.8 Å².